The Hall–Kier alpha value is -3.23. The van der Waals surface area contributed by atoms with Gasteiger partial charge in [-0.1, -0.05) is 24.3 Å². The molecule has 0 aliphatic heterocycles. The predicted octanol–water partition coefficient (Wildman–Crippen LogP) is 4.43. The molecule has 0 atom stereocenters. The fourth-order valence-corrected chi connectivity index (χ4v) is 2.64. The number of hydrogen-bond acceptors (Lipinski definition) is 5. The Bertz CT molecular complexity index is 893. The Balaban J connectivity index is 1.76. The van der Waals surface area contributed by atoms with Gasteiger partial charge in [0.05, 0.1) is 11.3 Å². The van der Waals surface area contributed by atoms with E-state index >= 15 is 0 Å². The smallest absolute Gasteiger partial charge is 0.353 e. The summed E-state index contributed by atoms with van der Waals surface area (Å²) >= 11 is 1.34. The topological polar surface area (TPSA) is 63.0 Å². The minimum absolute atomic E-state index is 0.375. The number of nitriles is 1. The predicted molar refractivity (Wildman–Crippen MR) is 93.4 cm³/mol. The van der Waals surface area contributed by atoms with E-state index in [1.807, 2.05) is 11.4 Å². The number of allylic oxidation sites excluding steroid dienone is 1. The highest BCUT2D eigenvalue weighted by atomic mass is 32.1. The highest BCUT2D eigenvalue weighted by Crippen LogP contribution is 2.20. The first-order valence-corrected chi connectivity index (χ1v) is 8.03. The number of carbonyl (C=O) groups excluding carboxylic acids is 1. The second kappa shape index (κ2) is 7.36. The van der Waals surface area contributed by atoms with Crippen LogP contribution in [0.25, 0.3) is 11.6 Å². The van der Waals surface area contributed by atoms with Crippen LogP contribution in [-0.4, -0.2) is 11.0 Å². The normalized spacial score (nSPS) is 10.9. The highest BCUT2D eigenvalue weighted by Gasteiger charge is 2.09. The van der Waals surface area contributed by atoms with Crippen molar-refractivity contribution in [2.24, 2.45) is 0 Å². The number of ether oxygens (including phenoxy) is 1. The monoisotopic (exact) mass is 332 g/mol. The van der Waals surface area contributed by atoms with Crippen LogP contribution in [0.3, 0.4) is 0 Å². The van der Waals surface area contributed by atoms with E-state index in [2.05, 4.69) is 11.1 Å². The van der Waals surface area contributed by atoms with Crippen molar-refractivity contribution in [2.75, 3.05) is 0 Å². The van der Waals surface area contributed by atoms with Gasteiger partial charge < -0.3 is 4.74 Å². The van der Waals surface area contributed by atoms with E-state index in [4.69, 9.17) is 4.74 Å². The first-order valence-electron chi connectivity index (χ1n) is 7.15. The molecule has 2 heterocycles. The summed E-state index contributed by atoms with van der Waals surface area (Å²) in [6, 6.07) is 18.1. The molecule has 0 fully saturated rings. The van der Waals surface area contributed by atoms with Gasteiger partial charge in [-0.25, -0.2) is 4.79 Å². The van der Waals surface area contributed by atoms with Crippen LogP contribution in [-0.2, 0) is 0 Å². The van der Waals surface area contributed by atoms with E-state index < -0.39 is 0 Å². The molecule has 5 heteroatoms. The Labute approximate surface area is 143 Å². The fraction of sp³-hybridized carbons (Fsp3) is 0. The van der Waals surface area contributed by atoms with Crippen molar-refractivity contribution in [2.45, 2.75) is 0 Å². The maximum absolute atomic E-state index is 11.9. The molecule has 0 aliphatic rings. The Morgan fingerprint density at radius 2 is 1.96 bits per heavy atom. The van der Waals surface area contributed by atoms with Crippen molar-refractivity contribution in [1.29, 1.82) is 5.26 Å². The summed E-state index contributed by atoms with van der Waals surface area (Å²) in [5.41, 5.74) is 1.92. The van der Waals surface area contributed by atoms with Gasteiger partial charge in [0.1, 0.15) is 16.7 Å². The van der Waals surface area contributed by atoms with Crippen LogP contribution in [0, 0.1) is 11.3 Å². The van der Waals surface area contributed by atoms with Crippen LogP contribution in [0.1, 0.15) is 20.9 Å². The van der Waals surface area contributed by atoms with Gasteiger partial charge in [-0.2, -0.15) is 5.26 Å². The third-order valence-electron chi connectivity index (χ3n) is 3.19. The number of hydrogen-bond donors (Lipinski definition) is 0. The fourth-order valence-electron chi connectivity index (χ4n) is 2.04. The molecule has 4 nitrogen and oxygen atoms in total. The molecule has 3 rings (SSSR count). The lowest BCUT2D eigenvalue weighted by molar-refractivity contribution is 0.0740. The van der Waals surface area contributed by atoms with Gasteiger partial charge in [-0.3, -0.25) is 4.98 Å². The minimum Gasteiger partial charge on any atom is -0.422 e. The van der Waals surface area contributed by atoms with Gasteiger partial charge in [0.25, 0.3) is 0 Å². The molecule has 24 heavy (non-hydrogen) atoms. The number of thiophene rings is 1. The average Bonchev–Trinajstić information content (AvgIpc) is 3.16. The average molecular weight is 332 g/mol. The van der Waals surface area contributed by atoms with Crippen molar-refractivity contribution in [3.63, 3.8) is 0 Å². The lowest BCUT2D eigenvalue weighted by atomic mass is 10.1. The second-order valence-electron chi connectivity index (χ2n) is 4.82. The molecular weight excluding hydrogens is 320 g/mol. The molecule has 116 valence electrons. The first kappa shape index (κ1) is 15.7. The number of carbonyl (C=O) groups is 1. The number of aromatic nitrogens is 1. The molecule has 2 aromatic heterocycles. The summed E-state index contributed by atoms with van der Waals surface area (Å²) in [5, 5.41) is 11.1. The largest absolute Gasteiger partial charge is 0.422 e. The van der Waals surface area contributed by atoms with Crippen LogP contribution in [0.15, 0.2) is 66.2 Å². The zero-order valence-corrected chi connectivity index (χ0v) is 13.4. The number of rotatable bonds is 4. The van der Waals surface area contributed by atoms with Crippen molar-refractivity contribution in [1.82, 2.24) is 4.98 Å². The third-order valence-corrected chi connectivity index (χ3v) is 4.04. The Morgan fingerprint density at radius 1 is 1.12 bits per heavy atom. The van der Waals surface area contributed by atoms with E-state index in [1.165, 1.54) is 11.3 Å². The van der Waals surface area contributed by atoms with Crippen LogP contribution in [0.2, 0.25) is 0 Å². The van der Waals surface area contributed by atoms with Gasteiger partial charge >= 0.3 is 5.97 Å². The first-order chi connectivity index (χ1) is 11.8. The molecule has 0 bridgehead atoms. The minimum atomic E-state index is -0.375. The maximum atomic E-state index is 11.9. The molecule has 0 spiro atoms. The number of pyridine rings is 1. The van der Waals surface area contributed by atoms with Crippen molar-refractivity contribution in [3.05, 3.63) is 82.3 Å². The summed E-state index contributed by atoms with van der Waals surface area (Å²) in [6.07, 6.45) is 3.39. The molecule has 0 amide bonds. The quantitative estimate of drug-likeness (QED) is 0.403. The van der Waals surface area contributed by atoms with Crippen molar-refractivity contribution in [3.8, 4) is 11.8 Å². The number of nitrogens with zero attached hydrogens (tertiary/aromatic N) is 2. The standard InChI is InChI=1S/C19H12N2O2S/c20-13-15(17-4-1-2-10-21-17)12-14-6-8-16(9-7-14)23-19(22)18-5-3-11-24-18/h1-12H/b15-12+. The van der Waals surface area contributed by atoms with E-state index in [9.17, 15) is 10.1 Å². The van der Waals surface area contributed by atoms with Crippen LogP contribution in [0.5, 0.6) is 5.75 Å². The van der Waals surface area contributed by atoms with E-state index in [0.29, 0.717) is 21.9 Å². The maximum Gasteiger partial charge on any atom is 0.353 e. The number of benzene rings is 1. The summed E-state index contributed by atoms with van der Waals surface area (Å²) in [6.45, 7) is 0. The molecule has 0 aliphatic carbocycles. The summed E-state index contributed by atoms with van der Waals surface area (Å²) in [5.74, 6) is 0.0846. The molecule has 0 saturated heterocycles. The van der Waals surface area contributed by atoms with Crippen LogP contribution in [0.4, 0.5) is 0 Å². The van der Waals surface area contributed by atoms with Gasteiger partial charge in [0.15, 0.2) is 0 Å². The number of esters is 1. The van der Waals surface area contributed by atoms with E-state index in [-0.39, 0.29) is 5.97 Å². The lowest BCUT2D eigenvalue weighted by Gasteiger charge is -2.03. The van der Waals surface area contributed by atoms with Crippen LogP contribution >= 0.6 is 11.3 Å². The molecular formula is C19H12N2O2S. The zero-order valence-electron chi connectivity index (χ0n) is 12.5. The summed E-state index contributed by atoms with van der Waals surface area (Å²) in [7, 11) is 0. The Morgan fingerprint density at radius 3 is 2.58 bits per heavy atom. The van der Waals surface area contributed by atoms with E-state index in [1.54, 1.807) is 60.8 Å². The van der Waals surface area contributed by atoms with Gasteiger partial charge in [-0.05, 0) is 47.4 Å². The van der Waals surface area contributed by atoms with Gasteiger partial charge in [0, 0.05) is 6.20 Å². The molecule has 0 radical (unpaired) electrons. The molecule has 0 unspecified atom stereocenters. The summed E-state index contributed by atoms with van der Waals surface area (Å²) < 4.78 is 5.30. The highest BCUT2D eigenvalue weighted by molar-refractivity contribution is 7.12. The van der Waals surface area contributed by atoms with Gasteiger partial charge in [0.2, 0.25) is 0 Å². The van der Waals surface area contributed by atoms with E-state index in [0.717, 1.165) is 5.56 Å². The zero-order chi connectivity index (χ0) is 16.8. The molecule has 1 aromatic carbocycles. The van der Waals surface area contributed by atoms with Crippen molar-refractivity contribution < 1.29 is 9.53 Å². The van der Waals surface area contributed by atoms with Gasteiger partial charge in [-0.15, -0.1) is 11.3 Å². The summed E-state index contributed by atoms with van der Waals surface area (Å²) in [4.78, 5) is 16.6. The van der Waals surface area contributed by atoms with Crippen LogP contribution < -0.4 is 4.74 Å². The van der Waals surface area contributed by atoms with Crippen molar-refractivity contribution >= 4 is 29.0 Å². The Kier molecular flexibility index (Phi) is 4.80. The lowest BCUT2D eigenvalue weighted by Crippen LogP contribution is -2.05. The third kappa shape index (κ3) is 3.75. The second-order valence-corrected chi connectivity index (χ2v) is 5.77. The molecule has 3 aromatic rings. The molecule has 0 N–H and O–H groups in total. The SMILES string of the molecule is N#C/C(=C\c1ccc(OC(=O)c2cccs2)cc1)c1ccccn1. The molecule has 0 saturated carbocycles.